The van der Waals surface area contributed by atoms with Gasteiger partial charge in [-0.3, -0.25) is 0 Å². The van der Waals surface area contributed by atoms with Gasteiger partial charge in [-0.1, -0.05) is 35.5 Å². The summed E-state index contributed by atoms with van der Waals surface area (Å²) in [4.78, 5) is 8.85. The minimum atomic E-state index is 0.0469. The van der Waals surface area contributed by atoms with E-state index in [0.717, 1.165) is 22.3 Å². The normalized spacial score (nSPS) is 10.9. The second-order valence-electron chi connectivity index (χ2n) is 7.13. The van der Waals surface area contributed by atoms with Gasteiger partial charge in [-0.15, -0.1) is 0 Å². The van der Waals surface area contributed by atoms with Crippen molar-refractivity contribution in [2.45, 2.75) is 13.5 Å². The zero-order valence-corrected chi connectivity index (χ0v) is 17.5. The molecule has 2 N–H and O–H groups in total. The van der Waals surface area contributed by atoms with Crippen molar-refractivity contribution >= 4 is 5.82 Å². The Kier molecular flexibility index (Phi) is 6.35. The highest BCUT2D eigenvalue weighted by atomic mass is 16.5. The van der Waals surface area contributed by atoms with E-state index in [2.05, 4.69) is 45.6 Å². The monoisotopic (exact) mass is 416 g/mol. The fourth-order valence-electron chi connectivity index (χ4n) is 3.41. The summed E-state index contributed by atoms with van der Waals surface area (Å²) in [5, 5.41) is 16.0. The number of methoxy groups -OCH3 is 1. The van der Waals surface area contributed by atoms with Gasteiger partial charge >= 0.3 is 0 Å². The summed E-state index contributed by atoms with van der Waals surface area (Å²) in [6.07, 6.45) is 1.67. The van der Waals surface area contributed by atoms with E-state index in [1.54, 1.807) is 13.3 Å². The van der Waals surface area contributed by atoms with Gasteiger partial charge in [0.25, 0.3) is 5.89 Å². The molecular formula is C24H24N4O3. The minimum Gasteiger partial charge on any atom is -0.395 e. The number of hydrogen-bond acceptors (Lipinski definition) is 7. The molecule has 0 bridgehead atoms. The van der Waals surface area contributed by atoms with Crippen LogP contribution < -0.4 is 5.32 Å². The van der Waals surface area contributed by atoms with E-state index >= 15 is 0 Å². The Morgan fingerprint density at radius 3 is 2.61 bits per heavy atom. The van der Waals surface area contributed by atoms with Gasteiger partial charge in [0.15, 0.2) is 0 Å². The molecule has 2 heterocycles. The summed E-state index contributed by atoms with van der Waals surface area (Å²) < 4.78 is 11.0. The molecule has 0 aliphatic rings. The number of aromatic nitrogens is 3. The number of pyridine rings is 1. The van der Waals surface area contributed by atoms with E-state index in [-0.39, 0.29) is 6.61 Å². The lowest BCUT2D eigenvalue weighted by Crippen LogP contribution is -2.06. The van der Waals surface area contributed by atoms with E-state index in [1.807, 2.05) is 36.4 Å². The maximum Gasteiger partial charge on any atom is 0.258 e. The van der Waals surface area contributed by atoms with Gasteiger partial charge in [0.05, 0.1) is 13.2 Å². The van der Waals surface area contributed by atoms with Gasteiger partial charge in [0.1, 0.15) is 5.82 Å². The van der Waals surface area contributed by atoms with E-state index in [0.29, 0.717) is 30.7 Å². The molecule has 0 aliphatic heterocycles. The number of ether oxygens (including phenoxy) is 1. The highest BCUT2D eigenvalue weighted by molar-refractivity contribution is 5.74. The molecule has 0 aliphatic carbocycles. The molecule has 4 aromatic rings. The van der Waals surface area contributed by atoms with Crippen molar-refractivity contribution in [3.05, 3.63) is 71.9 Å². The van der Waals surface area contributed by atoms with Crippen LogP contribution in [0.2, 0.25) is 0 Å². The molecule has 0 amide bonds. The van der Waals surface area contributed by atoms with Crippen molar-refractivity contribution in [1.82, 2.24) is 15.1 Å². The van der Waals surface area contributed by atoms with Crippen molar-refractivity contribution in [3.8, 4) is 34.0 Å². The van der Waals surface area contributed by atoms with E-state index in [4.69, 9.17) is 14.4 Å². The average Bonchev–Trinajstić information content (AvgIpc) is 3.29. The molecule has 0 spiro atoms. The van der Waals surface area contributed by atoms with Crippen LogP contribution in [0.3, 0.4) is 0 Å². The van der Waals surface area contributed by atoms with Crippen molar-refractivity contribution in [1.29, 1.82) is 0 Å². The number of nitrogens with zero attached hydrogens (tertiary/aromatic N) is 3. The average molecular weight is 416 g/mol. The molecule has 7 nitrogen and oxygen atoms in total. The molecule has 0 atom stereocenters. The summed E-state index contributed by atoms with van der Waals surface area (Å²) in [5.41, 5.74) is 6.13. The predicted molar refractivity (Wildman–Crippen MR) is 119 cm³/mol. The number of benzene rings is 2. The number of anilines is 1. The number of hydrogen-bond donors (Lipinski definition) is 2. The van der Waals surface area contributed by atoms with Gasteiger partial charge in [0, 0.05) is 31.0 Å². The fourth-order valence-corrected chi connectivity index (χ4v) is 3.41. The Bertz CT molecular complexity index is 1160. The second-order valence-corrected chi connectivity index (χ2v) is 7.13. The zero-order chi connectivity index (χ0) is 21.6. The first kappa shape index (κ1) is 20.7. The van der Waals surface area contributed by atoms with Crippen LogP contribution in [0.25, 0.3) is 34.0 Å². The molecule has 0 fully saturated rings. The van der Waals surface area contributed by atoms with Gasteiger partial charge in [-0.25, -0.2) is 4.98 Å². The molecule has 2 aromatic carbocycles. The second kappa shape index (κ2) is 9.51. The van der Waals surface area contributed by atoms with Crippen LogP contribution in [-0.2, 0) is 11.3 Å². The molecule has 4 rings (SSSR count). The Balaban J connectivity index is 1.62. The minimum absolute atomic E-state index is 0.0469. The van der Waals surface area contributed by atoms with Crippen molar-refractivity contribution in [2.24, 2.45) is 0 Å². The molecule has 0 radical (unpaired) electrons. The first-order valence-electron chi connectivity index (χ1n) is 10.0. The largest absolute Gasteiger partial charge is 0.395 e. The third kappa shape index (κ3) is 4.63. The van der Waals surface area contributed by atoms with Crippen LogP contribution in [0.1, 0.15) is 11.1 Å². The van der Waals surface area contributed by atoms with Crippen molar-refractivity contribution < 1.29 is 14.4 Å². The third-order valence-electron chi connectivity index (χ3n) is 4.95. The first-order chi connectivity index (χ1) is 15.2. The van der Waals surface area contributed by atoms with Gasteiger partial charge < -0.3 is 19.7 Å². The molecule has 2 aromatic heterocycles. The first-order valence-corrected chi connectivity index (χ1v) is 10.0. The lowest BCUT2D eigenvalue weighted by atomic mass is 9.94. The van der Waals surface area contributed by atoms with Crippen molar-refractivity contribution in [3.63, 3.8) is 0 Å². The molecule has 0 saturated carbocycles. The zero-order valence-electron chi connectivity index (χ0n) is 17.5. The number of nitrogens with one attached hydrogen (secondary N) is 1. The summed E-state index contributed by atoms with van der Waals surface area (Å²) in [5.74, 6) is 1.58. The predicted octanol–water partition coefficient (Wildman–Crippen LogP) is 4.32. The smallest absolute Gasteiger partial charge is 0.258 e. The highest BCUT2D eigenvalue weighted by Crippen LogP contribution is 2.31. The van der Waals surface area contributed by atoms with Gasteiger partial charge in [-0.05, 0) is 53.4 Å². The highest BCUT2D eigenvalue weighted by Gasteiger charge is 2.14. The number of rotatable bonds is 8. The molecular weight excluding hydrogens is 392 g/mol. The van der Waals surface area contributed by atoms with Crippen LogP contribution in [0.15, 0.2) is 65.3 Å². The maximum absolute atomic E-state index is 8.89. The number of aliphatic hydroxyl groups is 1. The number of aryl methyl sites for hydroxylation is 1. The summed E-state index contributed by atoms with van der Waals surface area (Å²) in [6.45, 7) is 3.07. The van der Waals surface area contributed by atoms with Crippen LogP contribution in [-0.4, -0.2) is 40.5 Å². The summed E-state index contributed by atoms with van der Waals surface area (Å²) in [7, 11) is 1.69. The fraction of sp³-hybridized carbons (Fsp3) is 0.208. The molecule has 158 valence electrons. The van der Waals surface area contributed by atoms with E-state index in [9.17, 15) is 0 Å². The van der Waals surface area contributed by atoms with Gasteiger partial charge in [-0.2, -0.15) is 4.98 Å². The van der Waals surface area contributed by atoms with Crippen LogP contribution in [0.5, 0.6) is 0 Å². The van der Waals surface area contributed by atoms with E-state index < -0.39 is 0 Å². The van der Waals surface area contributed by atoms with E-state index in [1.165, 1.54) is 11.1 Å². The van der Waals surface area contributed by atoms with Gasteiger partial charge in [0.2, 0.25) is 5.82 Å². The van der Waals surface area contributed by atoms with Crippen LogP contribution in [0, 0.1) is 6.92 Å². The quantitative estimate of drug-likeness (QED) is 0.442. The molecule has 0 saturated heterocycles. The SMILES string of the molecule is COCc1cc(-c2nc(-c3ccc(NCCO)nc3)no2)ccc1-c1ccccc1C. The Labute approximate surface area is 180 Å². The maximum atomic E-state index is 8.89. The molecule has 0 unspecified atom stereocenters. The lowest BCUT2D eigenvalue weighted by molar-refractivity contribution is 0.185. The number of aliphatic hydroxyl groups excluding tert-OH is 1. The Morgan fingerprint density at radius 1 is 1.03 bits per heavy atom. The Morgan fingerprint density at radius 2 is 1.87 bits per heavy atom. The summed E-state index contributed by atoms with van der Waals surface area (Å²) >= 11 is 0. The standard InChI is InChI=1S/C24H24N4O3/c1-16-5-3-4-6-20(16)21-9-7-17(13-19(21)15-30-2)24-27-23(28-31-24)18-8-10-22(26-14-18)25-11-12-29/h3-10,13-14,29H,11-12,15H2,1-2H3,(H,25,26). The third-order valence-corrected chi connectivity index (χ3v) is 4.95. The molecule has 7 heteroatoms. The lowest BCUT2D eigenvalue weighted by Gasteiger charge is -2.12. The van der Waals surface area contributed by atoms with Crippen LogP contribution >= 0.6 is 0 Å². The van der Waals surface area contributed by atoms with Crippen molar-refractivity contribution in [2.75, 3.05) is 25.6 Å². The summed E-state index contributed by atoms with van der Waals surface area (Å²) in [6, 6.07) is 18.0. The topological polar surface area (TPSA) is 93.3 Å². The van der Waals surface area contributed by atoms with Crippen LogP contribution in [0.4, 0.5) is 5.82 Å². The Hall–Kier alpha value is -3.55. The molecule has 31 heavy (non-hydrogen) atoms.